The van der Waals surface area contributed by atoms with E-state index in [4.69, 9.17) is 11.6 Å². The normalized spacial score (nSPS) is 15.9. The number of benzene rings is 2. The van der Waals surface area contributed by atoms with Crippen LogP contribution in [0.1, 0.15) is 24.0 Å². The quantitative estimate of drug-likeness (QED) is 0.819. The molecule has 0 saturated heterocycles. The van der Waals surface area contributed by atoms with Gasteiger partial charge in [-0.05, 0) is 30.0 Å². The van der Waals surface area contributed by atoms with E-state index in [-0.39, 0.29) is 17.2 Å². The minimum atomic E-state index is -0.480. The summed E-state index contributed by atoms with van der Waals surface area (Å²) in [5, 5.41) is 0.0693. The molecule has 0 aliphatic heterocycles. The lowest BCUT2D eigenvalue weighted by Crippen LogP contribution is -2.22. The number of ketones is 1. The smallest absolute Gasteiger partial charge is 0.147 e. The first kappa shape index (κ1) is 13.3. The van der Waals surface area contributed by atoms with Crippen LogP contribution in [0.5, 0.6) is 0 Å². The van der Waals surface area contributed by atoms with E-state index >= 15 is 0 Å². The van der Waals surface area contributed by atoms with E-state index in [2.05, 4.69) is 0 Å². The third-order valence-corrected chi connectivity index (χ3v) is 4.28. The van der Waals surface area contributed by atoms with Crippen molar-refractivity contribution in [3.8, 4) is 0 Å². The predicted molar refractivity (Wildman–Crippen MR) is 77.5 cm³/mol. The van der Waals surface area contributed by atoms with Gasteiger partial charge in [0.1, 0.15) is 11.6 Å². The van der Waals surface area contributed by atoms with Gasteiger partial charge in [0.2, 0.25) is 0 Å². The fraction of sp³-hybridized carbons (Fsp3) is 0.235. The average molecular weight is 289 g/mol. The van der Waals surface area contributed by atoms with E-state index in [0.717, 1.165) is 18.4 Å². The second-order valence-corrected chi connectivity index (χ2v) is 5.67. The van der Waals surface area contributed by atoms with Gasteiger partial charge < -0.3 is 0 Å². The molecular formula is C17H14ClFO. The van der Waals surface area contributed by atoms with Gasteiger partial charge in [0.05, 0.1) is 10.4 Å². The fourth-order valence-corrected chi connectivity index (χ4v) is 2.83. The third kappa shape index (κ3) is 2.25. The van der Waals surface area contributed by atoms with Crippen molar-refractivity contribution in [1.29, 1.82) is 0 Å². The van der Waals surface area contributed by atoms with Crippen molar-refractivity contribution in [2.75, 3.05) is 0 Å². The van der Waals surface area contributed by atoms with Crippen LogP contribution in [0.15, 0.2) is 48.5 Å². The van der Waals surface area contributed by atoms with Gasteiger partial charge in [-0.15, -0.1) is 0 Å². The molecule has 1 fully saturated rings. The lowest BCUT2D eigenvalue weighted by Gasteiger charge is -2.15. The fourth-order valence-electron chi connectivity index (χ4n) is 2.64. The van der Waals surface area contributed by atoms with E-state index in [1.165, 1.54) is 6.07 Å². The monoisotopic (exact) mass is 288 g/mol. The molecule has 2 aromatic carbocycles. The number of hydrogen-bond acceptors (Lipinski definition) is 1. The molecule has 0 aromatic heterocycles. The number of hydrogen-bond donors (Lipinski definition) is 0. The number of carbonyl (C=O) groups excluding carboxylic acids is 1. The van der Waals surface area contributed by atoms with Crippen molar-refractivity contribution < 1.29 is 9.18 Å². The molecule has 1 aliphatic carbocycles. The molecule has 0 atom stereocenters. The molecule has 0 radical (unpaired) electrons. The van der Waals surface area contributed by atoms with Crippen LogP contribution in [0.25, 0.3) is 0 Å². The van der Waals surface area contributed by atoms with Crippen LogP contribution in [0.4, 0.5) is 4.39 Å². The lowest BCUT2D eigenvalue weighted by atomic mass is 9.88. The molecular weight excluding hydrogens is 275 g/mol. The standard InChI is InChI=1S/C17H14ClFO/c18-14-8-4-5-12(16(14)19)11-15(20)17(9-10-17)13-6-2-1-3-7-13/h1-8H,9-11H2. The Kier molecular flexibility index (Phi) is 3.35. The van der Waals surface area contributed by atoms with Crippen molar-refractivity contribution in [2.45, 2.75) is 24.7 Å². The molecule has 0 bridgehead atoms. The van der Waals surface area contributed by atoms with Gasteiger partial charge >= 0.3 is 0 Å². The Morgan fingerprint density at radius 2 is 1.80 bits per heavy atom. The molecule has 1 nitrogen and oxygen atoms in total. The summed E-state index contributed by atoms with van der Waals surface area (Å²) in [5.41, 5.74) is 1.01. The zero-order valence-corrected chi connectivity index (χ0v) is 11.7. The molecule has 102 valence electrons. The first-order chi connectivity index (χ1) is 9.63. The van der Waals surface area contributed by atoms with Crippen LogP contribution in [-0.2, 0) is 16.6 Å². The molecule has 2 aromatic rings. The molecule has 20 heavy (non-hydrogen) atoms. The molecule has 3 heteroatoms. The maximum atomic E-state index is 13.9. The third-order valence-electron chi connectivity index (χ3n) is 3.99. The lowest BCUT2D eigenvalue weighted by molar-refractivity contribution is -0.120. The maximum absolute atomic E-state index is 13.9. The highest BCUT2D eigenvalue weighted by atomic mass is 35.5. The summed E-state index contributed by atoms with van der Waals surface area (Å²) in [5.74, 6) is -0.406. The average Bonchev–Trinajstić information content (AvgIpc) is 3.26. The van der Waals surface area contributed by atoms with E-state index in [1.807, 2.05) is 30.3 Å². The molecule has 0 heterocycles. The van der Waals surface area contributed by atoms with Crippen LogP contribution >= 0.6 is 11.6 Å². The van der Waals surface area contributed by atoms with E-state index < -0.39 is 11.2 Å². The summed E-state index contributed by atoms with van der Waals surface area (Å²) >= 11 is 5.76. The first-order valence-corrected chi connectivity index (χ1v) is 7.03. The SMILES string of the molecule is O=C(Cc1cccc(Cl)c1F)C1(c2ccccc2)CC1. The highest BCUT2D eigenvalue weighted by Gasteiger charge is 2.50. The Labute approximate surface area is 122 Å². The first-order valence-electron chi connectivity index (χ1n) is 6.65. The van der Waals surface area contributed by atoms with Crippen LogP contribution in [0.2, 0.25) is 5.02 Å². The van der Waals surface area contributed by atoms with Crippen molar-refractivity contribution in [2.24, 2.45) is 0 Å². The largest absolute Gasteiger partial charge is 0.298 e. The number of halogens is 2. The minimum Gasteiger partial charge on any atom is -0.298 e. The number of carbonyl (C=O) groups is 1. The Morgan fingerprint density at radius 1 is 1.10 bits per heavy atom. The molecule has 0 spiro atoms. The van der Waals surface area contributed by atoms with Gasteiger partial charge in [0, 0.05) is 6.42 Å². The molecule has 1 aliphatic rings. The van der Waals surface area contributed by atoms with Crippen LogP contribution in [0.3, 0.4) is 0 Å². The van der Waals surface area contributed by atoms with E-state index in [1.54, 1.807) is 12.1 Å². The summed E-state index contributed by atoms with van der Waals surface area (Å²) < 4.78 is 13.9. The maximum Gasteiger partial charge on any atom is 0.147 e. The van der Waals surface area contributed by atoms with Gasteiger partial charge in [-0.3, -0.25) is 4.79 Å². The summed E-state index contributed by atoms with van der Waals surface area (Å²) in [6, 6.07) is 14.5. The van der Waals surface area contributed by atoms with Crippen molar-refractivity contribution in [3.05, 3.63) is 70.5 Å². The number of Topliss-reactive ketones (excluding diaryl/α,β-unsaturated/α-hetero) is 1. The van der Waals surface area contributed by atoms with Crippen molar-refractivity contribution in [3.63, 3.8) is 0 Å². The Morgan fingerprint density at radius 3 is 2.45 bits per heavy atom. The van der Waals surface area contributed by atoms with Crippen molar-refractivity contribution >= 4 is 17.4 Å². The topological polar surface area (TPSA) is 17.1 Å². The molecule has 1 saturated carbocycles. The van der Waals surface area contributed by atoms with E-state index in [0.29, 0.717) is 5.56 Å². The molecule has 3 rings (SSSR count). The van der Waals surface area contributed by atoms with Crippen molar-refractivity contribution in [1.82, 2.24) is 0 Å². The summed E-state index contributed by atoms with van der Waals surface area (Å²) in [4.78, 5) is 12.6. The Hall–Kier alpha value is -1.67. The van der Waals surface area contributed by atoms with Crippen LogP contribution in [-0.4, -0.2) is 5.78 Å². The van der Waals surface area contributed by atoms with Gasteiger partial charge in [-0.2, -0.15) is 0 Å². The van der Waals surface area contributed by atoms with Gasteiger partial charge in [-0.1, -0.05) is 54.1 Å². The highest BCUT2D eigenvalue weighted by molar-refractivity contribution is 6.30. The van der Waals surface area contributed by atoms with E-state index in [9.17, 15) is 9.18 Å². The summed E-state index contributed by atoms with van der Waals surface area (Å²) in [6.07, 6.45) is 1.79. The highest BCUT2D eigenvalue weighted by Crippen LogP contribution is 2.49. The number of rotatable bonds is 4. The van der Waals surface area contributed by atoms with Gasteiger partial charge in [-0.25, -0.2) is 4.39 Å². The van der Waals surface area contributed by atoms with Crippen LogP contribution in [0, 0.1) is 5.82 Å². The summed E-state index contributed by atoms with van der Waals surface area (Å²) in [7, 11) is 0. The Bertz CT molecular complexity index is 647. The predicted octanol–water partition coefficient (Wildman–Crippen LogP) is 4.32. The summed E-state index contributed by atoms with van der Waals surface area (Å²) in [6.45, 7) is 0. The zero-order valence-electron chi connectivity index (χ0n) is 10.9. The van der Waals surface area contributed by atoms with Crippen LogP contribution < -0.4 is 0 Å². The second-order valence-electron chi connectivity index (χ2n) is 5.26. The zero-order chi connectivity index (χ0) is 14.2. The van der Waals surface area contributed by atoms with Gasteiger partial charge in [0.25, 0.3) is 0 Å². The molecule has 0 unspecified atom stereocenters. The molecule has 0 amide bonds. The molecule has 0 N–H and O–H groups in total. The van der Waals surface area contributed by atoms with Gasteiger partial charge in [0.15, 0.2) is 0 Å². The Balaban J connectivity index is 1.86. The second kappa shape index (κ2) is 5.02. The minimum absolute atomic E-state index is 0.0693.